The molecule has 0 atom stereocenters. The van der Waals surface area contributed by atoms with Crippen LogP contribution in [-0.4, -0.2) is 36.7 Å². The van der Waals surface area contributed by atoms with E-state index in [0.717, 1.165) is 30.5 Å². The number of carbonyl (C=O) groups excluding carboxylic acids is 1. The average Bonchev–Trinajstić information content (AvgIpc) is 3.33. The van der Waals surface area contributed by atoms with Gasteiger partial charge in [-0.3, -0.25) is 4.79 Å². The van der Waals surface area contributed by atoms with Gasteiger partial charge in [0.25, 0.3) is 5.91 Å². The van der Waals surface area contributed by atoms with Crippen LogP contribution in [0.15, 0.2) is 58.3 Å². The smallest absolute Gasteiger partial charge is 0.255 e. The summed E-state index contributed by atoms with van der Waals surface area (Å²) in [6, 6.07) is 11.7. The highest BCUT2D eigenvalue weighted by Gasteiger charge is 2.26. The van der Waals surface area contributed by atoms with Crippen molar-refractivity contribution in [2.24, 2.45) is 0 Å². The molecule has 4 rings (SSSR count). The van der Waals surface area contributed by atoms with Gasteiger partial charge in [0.1, 0.15) is 12.4 Å². The fraction of sp³-hybridized carbons (Fsp3) is 0.304. The number of anilines is 1. The Balaban J connectivity index is 1.49. The zero-order valence-electron chi connectivity index (χ0n) is 17.8. The third kappa shape index (κ3) is 5.17. The van der Waals surface area contributed by atoms with Gasteiger partial charge in [0, 0.05) is 29.7 Å². The second kappa shape index (κ2) is 9.81. The van der Waals surface area contributed by atoms with Gasteiger partial charge in [0.15, 0.2) is 0 Å². The molecule has 1 amide bonds. The molecule has 1 N–H and O–H groups in total. The Labute approximate surface area is 192 Å². The minimum atomic E-state index is -3.58. The molecule has 0 unspecified atom stereocenters. The Kier molecular flexibility index (Phi) is 6.88. The Hall–Kier alpha value is -2.75. The van der Waals surface area contributed by atoms with Crippen molar-refractivity contribution in [1.29, 1.82) is 0 Å². The minimum absolute atomic E-state index is 0.195. The summed E-state index contributed by atoms with van der Waals surface area (Å²) in [7, 11) is -3.58. The van der Waals surface area contributed by atoms with Gasteiger partial charge in [-0.15, -0.1) is 11.3 Å². The standard InChI is InChI=1S/C23H25N3O4S2/c1-17-8-9-21(32(28,29)26-10-3-2-4-11-26)13-22(17)25-23(27)18-6-5-7-20(12-18)30-14-19-15-31-16-24-19/h5-9,12-13,15-16H,2-4,10-11,14H2,1H3,(H,25,27). The van der Waals surface area contributed by atoms with Gasteiger partial charge in [-0.1, -0.05) is 18.6 Å². The highest BCUT2D eigenvalue weighted by molar-refractivity contribution is 7.89. The van der Waals surface area contributed by atoms with E-state index in [4.69, 9.17) is 4.74 Å². The number of sulfonamides is 1. The first kappa shape index (κ1) is 22.4. The lowest BCUT2D eigenvalue weighted by Crippen LogP contribution is -2.35. The summed E-state index contributed by atoms with van der Waals surface area (Å²) in [5.41, 5.74) is 4.25. The third-order valence-corrected chi connectivity index (χ3v) is 7.91. The number of thiazole rings is 1. The van der Waals surface area contributed by atoms with E-state index in [1.807, 2.05) is 12.3 Å². The Bertz CT molecular complexity index is 1190. The molecule has 2 aromatic carbocycles. The van der Waals surface area contributed by atoms with Crippen molar-refractivity contribution < 1.29 is 17.9 Å². The highest BCUT2D eigenvalue weighted by atomic mass is 32.2. The van der Waals surface area contributed by atoms with Crippen LogP contribution in [0.3, 0.4) is 0 Å². The molecule has 32 heavy (non-hydrogen) atoms. The molecular weight excluding hydrogens is 446 g/mol. The second-order valence-electron chi connectivity index (χ2n) is 7.69. The van der Waals surface area contributed by atoms with Crippen molar-refractivity contribution >= 4 is 33.0 Å². The number of nitrogens with zero attached hydrogens (tertiary/aromatic N) is 2. The summed E-state index contributed by atoms with van der Waals surface area (Å²) in [4.78, 5) is 17.2. The first-order valence-electron chi connectivity index (χ1n) is 10.5. The summed E-state index contributed by atoms with van der Waals surface area (Å²) in [6.45, 7) is 3.22. The lowest BCUT2D eigenvalue weighted by Gasteiger charge is -2.26. The van der Waals surface area contributed by atoms with E-state index in [9.17, 15) is 13.2 Å². The molecular formula is C23H25N3O4S2. The monoisotopic (exact) mass is 471 g/mol. The summed E-state index contributed by atoms with van der Waals surface area (Å²) < 4.78 is 33.3. The molecule has 1 fully saturated rings. The van der Waals surface area contributed by atoms with E-state index < -0.39 is 10.0 Å². The molecule has 1 saturated heterocycles. The summed E-state index contributed by atoms with van der Waals surface area (Å²) >= 11 is 1.50. The summed E-state index contributed by atoms with van der Waals surface area (Å²) in [6.07, 6.45) is 2.79. The number of hydrogen-bond acceptors (Lipinski definition) is 6. The number of aromatic nitrogens is 1. The summed E-state index contributed by atoms with van der Waals surface area (Å²) in [5, 5.41) is 4.76. The number of amides is 1. The van der Waals surface area contributed by atoms with Gasteiger partial charge in [0.2, 0.25) is 10.0 Å². The van der Waals surface area contributed by atoms with Crippen LogP contribution in [0.5, 0.6) is 5.75 Å². The van der Waals surface area contributed by atoms with Crippen LogP contribution >= 0.6 is 11.3 Å². The Morgan fingerprint density at radius 2 is 1.97 bits per heavy atom. The molecule has 2 heterocycles. The zero-order valence-corrected chi connectivity index (χ0v) is 19.4. The number of hydrogen-bond donors (Lipinski definition) is 1. The molecule has 1 aliphatic heterocycles. The number of rotatable bonds is 7. The molecule has 7 nitrogen and oxygen atoms in total. The fourth-order valence-corrected chi connectivity index (χ4v) is 5.63. The van der Waals surface area contributed by atoms with Crippen LogP contribution in [0.1, 0.15) is 40.9 Å². The lowest BCUT2D eigenvalue weighted by atomic mass is 10.1. The van der Waals surface area contributed by atoms with E-state index in [1.54, 1.807) is 48.0 Å². The van der Waals surface area contributed by atoms with Crippen molar-refractivity contribution in [3.63, 3.8) is 0 Å². The first-order valence-corrected chi connectivity index (χ1v) is 12.8. The summed E-state index contributed by atoms with van der Waals surface area (Å²) in [5.74, 6) is 0.225. The molecule has 0 spiro atoms. The number of nitrogens with one attached hydrogen (secondary N) is 1. The van der Waals surface area contributed by atoms with Gasteiger partial charge in [-0.25, -0.2) is 13.4 Å². The van der Waals surface area contributed by atoms with E-state index >= 15 is 0 Å². The van der Waals surface area contributed by atoms with Crippen molar-refractivity contribution in [1.82, 2.24) is 9.29 Å². The molecule has 9 heteroatoms. The highest BCUT2D eigenvalue weighted by Crippen LogP contribution is 2.26. The SMILES string of the molecule is Cc1ccc(S(=O)(=O)N2CCCCC2)cc1NC(=O)c1cccc(OCc2cscn2)c1. The molecule has 0 bridgehead atoms. The van der Waals surface area contributed by atoms with E-state index in [1.165, 1.54) is 15.6 Å². The van der Waals surface area contributed by atoms with Crippen LogP contribution < -0.4 is 10.1 Å². The molecule has 0 aliphatic carbocycles. The molecule has 0 saturated carbocycles. The normalized spacial score (nSPS) is 14.8. The number of benzene rings is 2. The number of carbonyl (C=O) groups is 1. The second-order valence-corrected chi connectivity index (χ2v) is 10.3. The van der Waals surface area contributed by atoms with E-state index in [-0.39, 0.29) is 10.8 Å². The molecule has 1 aromatic heterocycles. The van der Waals surface area contributed by atoms with Crippen LogP contribution in [0.2, 0.25) is 0 Å². The zero-order chi connectivity index (χ0) is 22.6. The van der Waals surface area contributed by atoms with Gasteiger partial charge in [0.05, 0.1) is 16.1 Å². The molecule has 3 aromatic rings. The molecule has 168 valence electrons. The number of aryl methyl sites for hydroxylation is 1. The van der Waals surface area contributed by atoms with Crippen molar-refractivity contribution in [2.75, 3.05) is 18.4 Å². The Morgan fingerprint density at radius 1 is 1.16 bits per heavy atom. The maximum absolute atomic E-state index is 13.0. The van der Waals surface area contributed by atoms with Gasteiger partial charge in [-0.05, 0) is 55.7 Å². The van der Waals surface area contributed by atoms with Gasteiger partial charge >= 0.3 is 0 Å². The number of piperidine rings is 1. The minimum Gasteiger partial charge on any atom is -0.487 e. The van der Waals surface area contributed by atoms with Crippen LogP contribution in [0, 0.1) is 6.92 Å². The van der Waals surface area contributed by atoms with Crippen molar-refractivity contribution in [2.45, 2.75) is 37.7 Å². The van der Waals surface area contributed by atoms with E-state index in [0.29, 0.717) is 36.7 Å². The van der Waals surface area contributed by atoms with Gasteiger partial charge in [-0.2, -0.15) is 4.31 Å². The number of ether oxygens (including phenoxy) is 1. The molecule has 1 aliphatic rings. The topological polar surface area (TPSA) is 88.6 Å². The fourth-order valence-electron chi connectivity index (χ4n) is 3.54. The first-order chi connectivity index (χ1) is 15.4. The maximum Gasteiger partial charge on any atom is 0.255 e. The predicted molar refractivity (Wildman–Crippen MR) is 125 cm³/mol. The van der Waals surface area contributed by atoms with Crippen molar-refractivity contribution in [3.05, 3.63) is 70.2 Å². The average molecular weight is 472 g/mol. The largest absolute Gasteiger partial charge is 0.487 e. The Morgan fingerprint density at radius 3 is 2.72 bits per heavy atom. The third-order valence-electron chi connectivity index (χ3n) is 5.38. The van der Waals surface area contributed by atoms with Crippen LogP contribution in [0.25, 0.3) is 0 Å². The lowest BCUT2D eigenvalue weighted by molar-refractivity contribution is 0.102. The maximum atomic E-state index is 13.0. The van der Waals surface area contributed by atoms with Gasteiger partial charge < -0.3 is 10.1 Å². The van der Waals surface area contributed by atoms with Crippen LogP contribution in [0.4, 0.5) is 5.69 Å². The van der Waals surface area contributed by atoms with Crippen molar-refractivity contribution in [3.8, 4) is 5.75 Å². The molecule has 0 radical (unpaired) electrons. The van der Waals surface area contributed by atoms with E-state index in [2.05, 4.69) is 10.3 Å². The quantitative estimate of drug-likeness (QED) is 0.550. The van der Waals surface area contributed by atoms with Crippen LogP contribution in [-0.2, 0) is 16.6 Å². The predicted octanol–water partition coefficient (Wildman–Crippen LogP) is 4.46.